The summed E-state index contributed by atoms with van der Waals surface area (Å²) in [6.07, 6.45) is 1.45. The maximum atomic E-state index is 14.1. The molecule has 0 saturated heterocycles. The van der Waals surface area contributed by atoms with E-state index < -0.39 is 33.4 Å². The third-order valence-electron chi connectivity index (χ3n) is 7.48. The Labute approximate surface area is 259 Å². The Hall–Kier alpha value is -4.45. The highest BCUT2D eigenvalue weighted by Gasteiger charge is 2.34. The van der Waals surface area contributed by atoms with Crippen LogP contribution in [-0.4, -0.2) is 62.3 Å². The van der Waals surface area contributed by atoms with Gasteiger partial charge < -0.3 is 15.0 Å². The van der Waals surface area contributed by atoms with Crippen molar-refractivity contribution in [2.45, 2.75) is 63.9 Å². The van der Waals surface area contributed by atoms with Crippen molar-refractivity contribution in [3.8, 4) is 5.75 Å². The number of hydrogen-bond donors (Lipinski definition) is 1. The summed E-state index contributed by atoms with van der Waals surface area (Å²) in [6, 6.07) is 18.3. The first-order valence-electron chi connectivity index (χ1n) is 14.5. The molecule has 0 fully saturated rings. The van der Waals surface area contributed by atoms with Crippen LogP contribution < -0.4 is 14.4 Å². The predicted molar refractivity (Wildman–Crippen MR) is 169 cm³/mol. The zero-order chi connectivity index (χ0) is 32.4. The van der Waals surface area contributed by atoms with E-state index in [0.29, 0.717) is 30.6 Å². The fourth-order valence-corrected chi connectivity index (χ4v) is 6.12. The van der Waals surface area contributed by atoms with Crippen LogP contribution in [0.25, 0.3) is 0 Å². The number of amides is 2. The van der Waals surface area contributed by atoms with Gasteiger partial charge in [-0.15, -0.1) is 0 Å². The summed E-state index contributed by atoms with van der Waals surface area (Å²) < 4.78 is 34.3. The van der Waals surface area contributed by atoms with E-state index in [1.54, 1.807) is 19.1 Å². The van der Waals surface area contributed by atoms with Crippen molar-refractivity contribution in [3.05, 3.63) is 94.0 Å². The molecule has 11 nitrogen and oxygen atoms in total. The highest BCUT2D eigenvalue weighted by atomic mass is 32.2. The van der Waals surface area contributed by atoms with Gasteiger partial charge in [0.25, 0.3) is 15.7 Å². The number of carbonyl (C=O) groups is 2. The van der Waals surface area contributed by atoms with Crippen LogP contribution in [0.4, 0.5) is 11.4 Å². The molecule has 236 valence electrons. The SMILES string of the molecule is CCC(C)NC(=O)C(CC)N(CCc1ccccc1)C(=O)CN(c1ccc(OC)cc1)S(=O)(=O)c1ccc(C)c([N+](=O)[O-])c1. The molecule has 2 amide bonds. The van der Waals surface area contributed by atoms with Crippen LogP contribution in [0.5, 0.6) is 5.75 Å². The van der Waals surface area contributed by atoms with Crippen LogP contribution in [0.3, 0.4) is 0 Å². The molecule has 3 rings (SSSR count). The summed E-state index contributed by atoms with van der Waals surface area (Å²) in [5, 5.41) is 14.6. The molecule has 0 bridgehead atoms. The predicted octanol–water partition coefficient (Wildman–Crippen LogP) is 4.87. The van der Waals surface area contributed by atoms with Crippen molar-refractivity contribution in [1.29, 1.82) is 0 Å². The zero-order valence-corrected chi connectivity index (χ0v) is 26.5. The number of hydrogen-bond acceptors (Lipinski definition) is 7. The summed E-state index contributed by atoms with van der Waals surface area (Å²) in [7, 11) is -3.01. The molecule has 0 spiro atoms. The summed E-state index contributed by atoms with van der Waals surface area (Å²) in [6.45, 7) is 6.66. The third kappa shape index (κ3) is 8.34. The summed E-state index contributed by atoms with van der Waals surface area (Å²) in [4.78, 5) is 39.6. The molecule has 1 N–H and O–H groups in total. The molecule has 0 aromatic heterocycles. The van der Waals surface area contributed by atoms with Gasteiger partial charge in [0.1, 0.15) is 18.3 Å². The molecular weight excluding hydrogens is 584 g/mol. The molecule has 2 unspecified atom stereocenters. The van der Waals surface area contributed by atoms with Gasteiger partial charge in [0.05, 0.1) is 22.6 Å². The quantitative estimate of drug-likeness (QED) is 0.188. The molecule has 12 heteroatoms. The van der Waals surface area contributed by atoms with Crippen LogP contribution in [0, 0.1) is 17.0 Å². The molecule has 2 atom stereocenters. The van der Waals surface area contributed by atoms with Crippen LogP contribution in [0.2, 0.25) is 0 Å². The summed E-state index contributed by atoms with van der Waals surface area (Å²) in [5.74, 6) is -0.440. The number of methoxy groups -OCH3 is 1. The number of sulfonamides is 1. The fourth-order valence-electron chi connectivity index (χ4n) is 4.69. The van der Waals surface area contributed by atoms with Crippen molar-refractivity contribution in [2.24, 2.45) is 0 Å². The lowest BCUT2D eigenvalue weighted by molar-refractivity contribution is -0.385. The van der Waals surface area contributed by atoms with Gasteiger partial charge in [-0.2, -0.15) is 0 Å². The van der Waals surface area contributed by atoms with E-state index in [0.717, 1.165) is 15.9 Å². The number of nitrogens with one attached hydrogen (secondary N) is 1. The topological polar surface area (TPSA) is 139 Å². The second-order valence-corrected chi connectivity index (χ2v) is 12.3. The van der Waals surface area contributed by atoms with Gasteiger partial charge in [0.15, 0.2) is 0 Å². The number of ether oxygens (including phenoxy) is 1. The maximum absolute atomic E-state index is 14.1. The average molecular weight is 625 g/mol. The Bertz CT molecular complexity index is 1550. The highest BCUT2D eigenvalue weighted by Crippen LogP contribution is 2.29. The molecule has 0 heterocycles. The molecule has 0 aliphatic carbocycles. The van der Waals surface area contributed by atoms with Gasteiger partial charge in [-0.1, -0.05) is 50.2 Å². The van der Waals surface area contributed by atoms with Crippen molar-refractivity contribution in [1.82, 2.24) is 10.2 Å². The minimum Gasteiger partial charge on any atom is -0.497 e. The highest BCUT2D eigenvalue weighted by molar-refractivity contribution is 7.92. The van der Waals surface area contributed by atoms with Gasteiger partial charge in [-0.05, 0) is 69.0 Å². The minimum atomic E-state index is -4.48. The summed E-state index contributed by atoms with van der Waals surface area (Å²) in [5.41, 5.74) is 1.05. The van der Waals surface area contributed by atoms with Gasteiger partial charge >= 0.3 is 0 Å². The smallest absolute Gasteiger partial charge is 0.273 e. The lowest BCUT2D eigenvalue weighted by atomic mass is 10.1. The van der Waals surface area contributed by atoms with Crippen molar-refractivity contribution < 1.29 is 27.7 Å². The molecule has 0 aliphatic heterocycles. The second-order valence-electron chi connectivity index (χ2n) is 10.5. The number of carbonyl (C=O) groups excluding carboxylic acids is 2. The van der Waals surface area contributed by atoms with Crippen LogP contribution >= 0.6 is 0 Å². The first kappa shape index (κ1) is 34.0. The van der Waals surface area contributed by atoms with Gasteiger partial charge in [-0.25, -0.2) is 8.42 Å². The lowest BCUT2D eigenvalue weighted by Crippen LogP contribution is -2.54. The third-order valence-corrected chi connectivity index (χ3v) is 9.25. The van der Waals surface area contributed by atoms with E-state index in [-0.39, 0.29) is 34.8 Å². The van der Waals surface area contributed by atoms with Crippen LogP contribution in [0.1, 0.15) is 44.7 Å². The number of anilines is 1. The Morgan fingerprint density at radius 3 is 2.23 bits per heavy atom. The van der Waals surface area contributed by atoms with Gasteiger partial charge in [0.2, 0.25) is 11.8 Å². The van der Waals surface area contributed by atoms with Gasteiger partial charge in [-0.3, -0.25) is 24.0 Å². The largest absolute Gasteiger partial charge is 0.497 e. The monoisotopic (exact) mass is 624 g/mol. The van der Waals surface area contributed by atoms with Gasteiger partial charge in [0, 0.05) is 24.2 Å². The number of nitro benzene ring substituents is 1. The molecule has 0 saturated carbocycles. The number of nitro groups is 1. The molecule has 0 aliphatic rings. The van der Waals surface area contributed by atoms with E-state index >= 15 is 0 Å². The second kappa shape index (κ2) is 15.3. The Morgan fingerprint density at radius 1 is 1.00 bits per heavy atom. The molecule has 0 radical (unpaired) electrons. The van der Waals surface area contributed by atoms with Crippen LogP contribution in [0.15, 0.2) is 77.7 Å². The van der Waals surface area contributed by atoms with E-state index in [9.17, 15) is 28.1 Å². The van der Waals surface area contributed by atoms with E-state index in [2.05, 4.69) is 5.32 Å². The van der Waals surface area contributed by atoms with Crippen molar-refractivity contribution in [2.75, 3.05) is 24.5 Å². The van der Waals surface area contributed by atoms with Crippen molar-refractivity contribution >= 4 is 33.2 Å². The number of nitrogens with zero attached hydrogens (tertiary/aromatic N) is 3. The summed E-state index contributed by atoms with van der Waals surface area (Å²) >= 11 is 0. The maximum Gasteiger partial charge on any atom is 0.273 e. The molecule has 3 aromatic rings. The number of aryl methyl sites for hydroxylation is 1. The Balaban J connectivity index is 2.07. The van der Waals surface area contributed by atoms with E-state index in [4.69, 9.17) is 4.74 Å². The normalized spacial score (nSPS) is 12.6. The lowest BCUT2D eigenvalue weighted by Gasteiger charge is -2.33. The Kier molecular flexibility index (Phi) is 11.9. The molecular formula is C32H40N4O7S. The van der Waals surface area contributed by atoms with Crippen LogP contribution in [-0.2, 0) is 26.0 Å². The molecule has 3 aromatic carbocycles. The molecule has 44 heavy (non-hydrogen) atoms. The fraction of sp³-hybridized carbons (Fsp3) is 0.375. The van der Waals surface area contributed by atoms with Crippen molar-refractivity contribution in [3.63, 3.8) is 0 Å². The average Bonchev–Trinajstić information content (AvgIpc) is 3.02. The van der Waals surface area contributed by atoms with E-state index in [1.165, 1.54) is 43.2 Å². The first-order valence-corrected chi connectivity index (χ1v) is 15.9. The first-order chi connectivity index (χ1) is 20.9. The van der Waals surface area contributed by atoms with E-state index in [1.807, 2.05) is 44.2 Å². The minimum absolute atomic E-state index is 0.115. The Morgan fingerprint density at radius 2 is 1.66 bits per heavy atom. The number of benzene rings is 3. The standard InChI is InChI=1S/C32H40N4O7S/c1-6-24(4)33-32(38)29(7-2)34(20-19-25-11-9-8-10-12-25)31(37)22-35(26-14-16-27(43-5)17-15-26)44(41,42)28-18-13-23(3)30(21-28)36(39)40/h8-18,21,24,29H,6-7,19-20,22H2,1-5H3,(H,33,38). The number of rotatable bonds is 15. The zero-order valence-electron chi connectivity index (χ0n) is 25.7.